The summed E-state index contributed by atoms with van der Waals surface area (Å²) in [5.41, 5.74) is 1.54. The fourth-order valence-electron chi connectivity index (χ4n) is 3.84. The molecule has 2 aromatic rings. The van der Waals surface area contributed by atoms with Crippen LogP contribution in [0, 0.1) is 0 Å². The molecule has 25 heavy (non-hydrogen) atoms. The molecular formula is C23H36ClN. The van der Waals surface area contributed by atoms with Crippen molar-refractivity contribution in [1.82, 2.24) is 0 Å². The second-order valence-corrected chi connectivity index (χ2v) is 7.37. The third-order valence-corrected chi connectivity index (χ3v) is 5.34. The van der Waals surface area contributed by atoms with Gasteiger partial charge in [0.1, 0.15) is 6.54 Å². The van der Waals surface area contributed by atoms with Gasteiger partial charge in [0.25, 0.3) is 0 Å². The Balaban J connectivity index is 0.00000312. The molecule has 0 aromatic heterocycles. The first kappa shape index (κ1) is 22.0. The molecule has 2 aromatic carbocycles. The van der Waals surface area contributed by atoms with E-state index in [1.807, 2.05) is 0 Å². The maximum absolute atomic E-state index is 2.36. The number of unbranched alkanes of at least 4 members (excludes halogenated alkanes) is 3. The molecule has 0 radical (unpaired) electrons. The molecule has 0 fully saturated rings. The van der Waals surface area contributed by atoms with E-state index in [0.717, 1.165) is 0 Å². The minimum absolute atomic E-state index is 0. The maximum Gasteiger partial charge on any atom is 0.105 e. The fraction of sp³-hybridized carbons (Fsp3) is 0.565. The summed E-state index contributed by atoms with van der Waals surface area (Å²) in [7, 11) is 0. The molecule has 0 unspecified atom stereocenters. The predicted octanol–water partition coefficient (Wildman–Crippen LogP) is 3.56. The Morgan fingerprint density at radius 3 is 1.76 bits per heavy atom. The van der Waals surface area contributed by atoms with Crippen molar-refractivity contribution in [3.63, 3.8) is 0 Å². The molecule has 0 spiro atoms. The topological polar surface area (TPSA) is 0 Å². The minimum atomic E-state index is 0. The summed E-state index contributed by atoms with van der Waals surface area (Å²) in [6, 6.07) is 15.7. The highest BCUT2D eigenvalue weighted by Crippen LogP contribution is 2.25. The summed E-state index contributed by atoms with van der Waals surface area (Å²) in [5.74, 6) is 0. The Labute approximate surface area is 161 Å². The van der Waals surface area contributed by atoms with Crippen LogP contribution in [0.2, 0.25) is 0 Å². The predicted molar refractivity (Wildman–Crippen MR) is 107 cm³/mol. The van der Waals surface area contributed by atoms with E-state index >= 15 is 0 Å². The first-order valence-corrected chi connectivity index (χ1v) is 10.1. The van der Waals surface area contributed by atoms with Crippen molar-refractivity contribution in [1.29, 1.82) is 0 Å². The highest BCUT2D eigenvalue weighted by atomic mass is 35.5. The van der Waals surface area contributed by atoms with Crippen LogP contribution in [0.4, 0.5) is 0 Å². The van der Waals surface area contributed by atoms with Crippen molar-refractivity contribution >= 4 is 10.8 Å². The molecule has 0 saturated carbocycles. The van der Waals surface area contributed by atoms with Crippen molar-refractivity contribution in [3.05, 3.63) is 48.0 Å². The quantitative estimate of drug-likeness (QED) is 0.537. The lowest BCUT2D eigenvalue weighted by Gasteiger charge is -2.39. The first-order chi connectivity index (χ1) is 11.7. The van der Waals surface area contributed by atoms with E-state index in [4.69, 9.17) is 0 Å². The first-order valence-electron chi connectivity index (χ1n) is 10.1. The number of quaternary nitrogens is 1. The third kappa shape index (κ3) is 6.31. The van der Waals surface area contributed by atoms with Crippen LogP contribution in [0.15, 0.2) is 42.5 Å². The average molecular weight is 362 g/mol. The number of fused-ring (bicyclic) bond motifs is 1. The van der Waals surface area contributed by atoms with E-state index in [9.17, 15) is 0 Å². The molecule has 0 heterocycles. The fourth-order valence-corrected chi connectivity index (χ4v) is 3.84. The van der Waals surface area contributed by atoms with Crippen LogP contribution in [0.3, 0.4) is 0 Å². The normalized spacial score (nSPS) is 11.5. The number of benzene rings is 2. The number of nitrogens with zero attached hydrogens (tertiary/aromatic N) is 1. The van der Waals surface area contributed by atoms with Gasteiger partial charge in [0.2, 0.25) is 0 Å². The van der Waals surface area contributed by atoms with Crippen LogP contribution in [0.1, 0.15) is 64.9 Å². The average Bonchev–Trinajstić information content (AvgIpc) is 2.63. The monoisotopic (exact) mass is 361 g/mol. The number of hydrogen-bond donors (Lipinski definition) is 0. The molecule has 140 valence electrons. The van der Waals surface area contributed by atoms with Crippen LogP contribution in [0.5, 0.6) is 0 Å². The Bertz CT molecular complexity index is 581. The lowest BCUT2D eigenvalue weighted by atomic mass is 10.0. The highest BCUT2D eigenvalue weighted by Gasteiger charge is 2.26. The summed E-state index contributed by atoms with van der Waals surface area (Å²) < 4.78 is 1.28. The molecule has 0 aliphatic carbocycles. The van der Waals surface area contributed by atoms with Crippen molar-refractivity contribution in [2.24, 2.45) is 0 Å². The van der Waals surface area contributed by atoms with Crippen molar-refractivity contribution in [3.8, 4) is 0 Å². The van der Waals surface area contributed by atoms with Crippen LogP contribution in [-0.2, 0) is 6.54 Å². The van der Waals surface area contributed by atoms with E-state index in [1.165, 1.54) is 85.5 Å². The van der Waals surface area contributed by atoms with Crippen molar-refractivity contribution in [2.45, 2.75) is 65.8 Å². The molecule has 0 aliphatic heterocycles. The standard InChI is InChI=1S/C23H36N.ClH/c1-4-7-17-24(18-8-5-2,19-9-6-3)20-22-15-12-14-21-13-10-11-16-23(21)22;/h10-16H,4-9,17-20H2,1-3H3;1H/q+1;/p-1. The maximum atomic E-state index is 2.36. The van der Waals surface area contributed by atoms with Crippen molar-refractivity contribution < 1.29 is 16.9 Å². The van der Waals surface area contributed by atoms with Crippen LogP contribution in [-0.4, -0.2) is 24.1 Å². The SMILES string of the molecule is CCCC[N+](CCCC)(CCCC)Cc1cccc2ccccc12.[Cl-]. The molecule has 0 amide bonds. The van der Waals surface area contributed by atoms with Gasteiger partial charge in [0.05, 0.1) is 19.6 Å². The molecule has 2 heteroatoms. The van der Waals surface area contributed by atoms with E-state index in [-0.39, 0.29) is 12.4 Å². The lowest BCUT2D eigenvalue weighted by Crippen LogP contribution is -3.00. The second kappa shape index (κ2) is 11.5. The number of halogens is 1. The number of hydrogen-bond acceptors (Lipinski definition) is 0. The van der Waals surface area contributed by atoms with Gasteiger partial charge in [0.15, 0.2) is 0 Å². The molecule has 0 saturated heterocycles. The molecule has 0 atom stereocenters. The summed E-state index contributed by atoms with van der Waals surface area (Å²) >= 11 is 0. The Morgan fingerprint density at radius 1 is 0.680 bits per heavy atom. The zero-order chi connectivity index (χ0) is 17.3. The van der Waals surface area contributed by atoms with Gasteiger partial charge in [-0.1, -0.05) is 82.5 Å². The van der Waals surface area contributed by atoms with Gasteiger partial charge in [-0.2, -0.15) is 0 Å². The zero-order valence-corrected chi connectivity index (χ0v) is 17.2. The van der Waals surface area contributed by atoms with Crippen LogP contribution < -0.4 is 12.4 Å². The smallest absolute Gasteiger partial charge is 0.105 e. The zero-order valence-electron chi connectivity index (χ0n) is 16.4. The summed E-state index contributed by atoms with van der Waals surface area (Å²) in [6.45, 7) is 12.2. The summed E-state index contributed by atoms with van der Waals surface area (Å²) in [5, 5.41) is 2.83. The Morgan fingerprint density at radius 2 is 1.20 bits per heavy atom. The highest BCUT2D eigenvalue weighted by molar-refractivity contribution is 5.85. The van der Waals surface area contributed by atoms with Gasteiger partial charge in [-0.05, 0) is 30.0 Å². The van der Waals surface area contributed by atoms with Gasteiger partial charge in [0, 0.05) is 5.56 Å². The third-order valence-electron chi connectivity index (χ3n) is 5.34. The van der Waals surface area contributed by atoms with Gasteiger partial charge in [-0.3, -0.25) is 0 Å². The van der Waals surface area contributed by atoms with Gasteiger partial charge in [-0.25, -0.2) is 0 Å². The summed E-state index contributed by atoms with van der Waals surface area (Å²) in [4.78, 5) is 0. The largest absolute Gasteiger partial charge is 1.00 e. The van der Waals surface area contributed by atoms with Crippen LogP contribution in [0.25, 0.3) is 10.8 Å². The lowest BCUT2D eigenvalue weighted by molar-refractivity contribution is -0.941. The molecular weight excluding hydrogens is 326 g/mol. The summed E-state index contributed by atoms with van der Waals surface area (Å²) in [6.07, 6.45) is 7.93. The molecule has 0 bridgehead atoms. The van der Waals surface area contributed by atoms with E-state index < -0.39 is 0 Å². The van der Waals surface area contributed by atoms with E-state index in [0.29, 0.717) is 0 Å². The van der Waals surface area contributed by atoms with Crippen molar-refractivity contribution in [2.75, 3.05) is 19.6 Å². The van der Waals surface area contributed by atoms with E-state index in [1.54, 1.807) is 0 Å². The molecule has 1 nitrogen and oxygen atoms in total. The van der Waals surface area contributed by atoms with Gasteiger partial charge >= 0.3 is 0 Å². The Hall–Kier alpha value is -1.05. The van der Waals surface area contributed by atoms with Gasteiger partial charge < -0.3 is 16.9 Å². The second-order valence-electron chi connectivity index (χ2n) is 7.37. The van der Waals surface area contributed by atoms with Crippen LogP contribution >= 0.6 is 0 Å². The van der Waals surface area contributed by atoms with E-state index in [2.05, 4.69) is 63.2 Å². The minimum Gasteiger partial charge on any atom is -1.00 e. The molecule has 0 N–H and O–H groups in total. The Kier molecular flexibility index (Phi) is 10.2. The van der Waals surface area contributed by atoms with Gasteiger partial charge in [-0.15, -0.1) is 0 Å². The molecule has 0 aliphatic rings. The number of rotatable bonds is 11. The molecule has 2 rings (SSSR count).